The predicted octanol–water partition coefficient (Wildman–Crippen LogP) is 11.7. The molecular weight excluding hydrogens is 432 g/mol. The van der Waals surface area contributed by atoms with Gasteiger partial charge in [0.05, 0.1) is 0 Å². The average Bonchev–Trinajstić information content (AvgIpc) is 2.95. The molecule has 4 rings (SSSR count). The minimum absolute atomic E-state index is 0.895. The summed E-state index contributed by atoms with van der Waals surface area (Å²) >= 11 is 0. The Morgan fingerprint density at radius 3 is 1.42 bits per heavy atom. The minimum atomic E-state index is 0.895. The molecule has 0 heteroatoms. The molecule has 0 aromatic heterocycles. The van der Waals surface area contributed by atoms with Crippen LogP contribution in [-0.2, 0) is 0 Å². The summed E-state index contributed by atoms with van der Waals surface area (Å²) in [5.41, 5.74) is 8.62. The van der Waals surface area contributed by atoms with Crippen molar-refractivity contribution < 1.29 is 0 Å². The first-order valence-electron chi connectivity index (χ1n) is 15.4. The second-order valence-corrected chi connectivity index (χ2v) is 11.6. The van der Waals surface area contributed by atoms with Crippen molar-refractivity contribution in [2.75, 3.05) is 0 Å². The Bertz CT molecular complexity index is 956. The van der Waals surface area contributed by atoms with Gasteiger partial charge in [-0.05, 0) is 83.8 Å². The molecule has 2 aliphatic carbocycles. The maximum atomic E-state index is 2.55. The first-order chi connectivity index (χ1) is 17.8. The lowest BCUT2D eigenvalue weighted by molar-refractivity contribution is 0.422. The second-order valence-electron chi connectivity index (χ2n) is 11.6. The summed E-state index contributed by atoms with van der Waals surface area (Å²) in [4.78, 5) is 0. The van der Waals surface area contributed by atoms with Crippen molar-refractivity contribution in [1.29, 1.82) is 0 Å². The Hall–Kier alpha value is -2.08. The highest BCUT2D eigenvalue weighted by atomic mass is 14.2. The van der Waals surface area contributed by atoms with Crippen molar-refractivity contribution in [2.24, 2.45) is 11.8 Å². The van der Waals surface area contributed by atoms with Gasteiger partial charge in [-0.25, -0.2) is 0 Å². The fraction of sp³-hybridized carbons (Fsp3) is 0.556. The van der Waals surface area contributed by atoms with Crippen LogP contribution in [0.25, 0.3) is 22.3 Å². The Kier molecular flexibility index (Phi) is 10.9. The van der Waals surface area contributed by atoms with Crippen molar-refractivity contribution in [3.05, 3.63) is 71.8 Å². The van der Waals surface area contributed by atoms with Crippen LogP contribution in [0.3, 0.4) is 0 Å². The molecule has 2 aromatic carbocycles. The molecule has 2 aromatic rings. The molecular formula is C36H50. The lowest BCUT2D eigenvalue weighted by atomic mass is 9.83. The van der Waals surface area contributed by atoms with Crippen LogP contribution in [0.4, 0.5) is 0 Å². The van der Waals surface area contributed by atoms with Gasteiger partial charge in [0, 0.05) is 0 Å². The zero-order valence-electron chi connectivity index (χ0n) is 23.2. The summed E-state index contributed by atoms with van der Waals surface area (Å²) in [5, 5.41) is 0. The third kappa shape index (κ3) is 7.96. The average molecular weight is 483 g/mol. The van der Waals surface area contributed by atoms with Crippen LogP contribution < -0.4 is 0 Å². The molecule has 0 fully saturated rings. The molecule has 0 radical (unpaired) electrons. The maximum Gasteiger partial charge on any atom is -0.0184 e. The first kappa shape index (κ1) is 27.0. The monoisotopic (exact) mass is 482 g/mol. The van der Waals surface area contributed by atoms with E-state index in [-0.39, 0.29) is 0 Å². The number of hydrogen-bond acceptors (Lipinski definition) is 0. The lowest BCUT2D eigenvalue weighted by Crippen LogP contribution is -2.05. The Balaban J connectivity index is 1.22. The van der Waals surface area contributed by atoms with Gasteiger partial charge in [0.2, 0.25) is 0 Å². The lowest BCUT2D eigenvalue weighted by Gasteiger charge is -2.22. The first-order valence-corrected chi connectivity index (χ1v) is 15.4. The third-order valence-electron chi connectivity index (χ3n) is 8.93. The molecule has 0 saturated heterocycles. The van der Waals surface area contributed by atoms with Gasteiger partial charge in [0.25, 0.3) is 0 Å². The summed E-state index contributed by atoms with van der Waals surface area (Å²) < 4.78 is 0. The van der Waals surface area contributed by atoms with Gasteiger partial charge in [-0.2, -0.15) is 0 Å². The quantitative estimate of drug-likeness (QED) is 0.249. The molecule has 0 bridgehead atoms. The van der Waals surface area contributed by atoms with E-state index < -0.39 is 0 Å². The molecule has 0 heterocycles. The number of benzene rings is 2. The molecule has 36 heavy (non-hydrogen) atoms. The van der Waals surface area contributed by atoms with Gasteiger partial charge in [0.1, 0.15) is 0 Å². The van der Waals surface area contributed by atoms with Crippen LogP contribution in [0.2, 0.25) is 0 Å². The van der Waals surface area contributed by atoms with Crippen LogP contribution in [0.1, 0.15) is 128 Å². The summed E-state index contributed by atoms with van der Waals surface area (Å²) in [6.45, 7) is 4.62. The molecule has 0 nitrogen and oxygen atoms in total. The van der Waals surface area contributed by atoms with E-state index in [2.05, 4.69) is 74.5 Å². The van der Waals surface area contributed by atoms with Gasteiger partial charge in [-0.3, -0.25) is 0 Å². The van der Waals surface area contributed by atoms with Crippen LogP contribution in [0.5, 0.6) is 0 Å². The van der Waals surface area contributed by atoms with Crippen LogP contribution >= 0.6 is 0 Å². The molecule has 194 valence electrons. The highest BCUT2D eigenvalue weighted by Gasteiger charge is 2.16. The maximum absolute atomic E-state index is 2.55. The van der Waals surface area contributed by atoms with Gasteiger partial charge in [0.15, 0.2) is 0 Å². The van der Waals surface area contributed by atoms with Crippen molar-refractivity contribution in [3.63, 3.8) is 0 Å². The largest absolute Gasteiger partial charge is 0.0804 e. The SMILES string of the molecule is CCCCCCCCCCC1CC=C(c2ccc(-c3ccc(C4=CCC(CC)CC4)cc3)cc2)CC1. The van der Waals surface area contributed by atoms with E-state index in [1.54, 1.807) is 11.1 Å². The zero-order chi connectivity index (χ0) is 25.0. The van der Waals surface area contributed by atoms with Crippen molar-refractivity contribution >= 4 is 11.1 Å². The highest BCUT2D eigenvalue weighted by molar-refractivity contribution is 5.73. The fourth-order valence-corrected chi connectivity index (χ4v) is 6.25. The van der Waals surface area contributed by atoms with Gasteiger partial charge in [-0.1, -0.05) is 139 Å². The van der Waals surface area contributed by atoms with Gasteiger partial charge >= 0.3 is 0 Å². The number of unbranched alkanes of at least 4 members (excludes halogenated alkanes) is 7. The van der Waals surface area contributed by atoms with Crippen molar-refractivity contribution in [3.8, 4) is 11.1 Å². The molecule has 0 amide bonds. The van der Waals surface area contributed by atoms with Crippen LogP contribution in [0.15, 0.2) is 60.7 Å². The molecule has 0 saturated carbocycles. The molecule has 0 N–H and O–H groups in total. The topological polar surface area (TPSA) is 0 Å². The van der Waals surface area contributed by atoms with Crippen LogP contribution in [-0.4, -0.2) is 0 Å². The summed E-state index contributed by atoms with van der Waals surface area (Å²) in [6.07, 6.45) is 27.0. The molecule has 2 unspecified atom stereocenters. The van der Waals surface area contributed by atoms with Gasteiger partial charge < -0.3 is 0 Å². The van der Waals surface area contributed by atoms with Crippen molar-refractivity contribution in [2.45, 2.75) is 117 Å². The smallest absolute Gasteiger partial charge is 0.0184 e. The molecule has 2 aliphatic rings. The van der Waals surface area contributed by atoms with E-state index >= 15 is 0 Å². The molecule has 0 spiro atoms. The van der Waals surface area contributed by atoms with E-state index in [1.165, 1.54) is 125 Å². The van der Waals surface area contributed by atoms with E-state index in [0.717, 1.165) is 11.8 Å². The fourth-order valence-electron chi connectivity index (χ4n) is 6.25. The number of hydrogen-bond donors (Lipinski definition) is 0. The second kappa shape index (κ2) is 14.6. The molecule has 2 atom stereocenters. The summed E-state index contributed by atoms with van der Waals surface area (Å²) in [5.74, 6) is 1.81. The van der Waals surface area contributed by atoms with Gasteiger partial charge in [-0.15, -0.1) is 0 Å². The standard InChI is InChI=1S/C36H50/c1-3-5-6-7-8-9-10-11-12-30-15-19-32(20-16-30)34-23-27-36(28-24-34)35-25-21-33(22-26-35)31-17-13-29(4-2)14-18-31/h17,19,21-30H,3-16,18,20H2,1-2H3. The summed E-state index contributed by atoms with van der Waals surface area (Å²) in [6, 6.07) is 18.6. The summed E-state index contributed by atoms with van der Waals surface area (Å²) in [7, 11) is 0. The number of rotatable bonds is 13. The normalized spacial score (nSPS) is 20.2. The third-order valence-corrected chi connectivity index (χ3v) is 8.93. The van der Waals surface area contributed by atoms with E-state index in [9.17, 15) is 0 Å². The minimum Gasteiger partial charge on any atom is -0.0804 e. The zero-order valence-corrected chi connectivity index (χ0v) is 23.2. The Morgan fingerprint density at radius 1 is 0.528 bits per heavy atom. The Labute approximate surface area is 222 Å². The molecule has 0 aliphatic heterocycles. The van der Waals surface area contributed by atoms with E-state index in [1.807, 2.05) is 0 Å². The van der Waals surface area contributed by atoms with Crippen molar-refractivity contribution in [1.82, 2.24) is 0 Å². The van der Waals surface area contributed by atoms with E-state index in [4.69, 9.17) is 0 Å². The Morgan fingerprint density at radius 2 is 0.972 bits per heavy atom. The predicted molar refractivity (Wildman–Crippen MR) is 160 cm³/mol. The highest BCUT2D eigenvalue weighted by Crippen LogP contribution is 2.35. The van der Waals surface area contributed by atoms with Crippen LogP contribution in [0, 0.1) is 11.8 Å². The van der Waals surface area contributed by atoms with E-state index in [0.29, 0.717) is 0 Å². The number of allylic oxidation sites excluding steroid dienone is 4.